The Labute approximate surface area is 205 Å². The number of aromatic nitrogens is 1. The molecule has 2 amide bonds. The molecule has 1 fully saturated rings. The van der Waals surface area contributed by atoms with Crippen LogP contribution in [-0.2, 0) is 17.9 Å². The van der Waals surface area contributed by atoms with E-state index in [2.05, 4.69) is 12.1 Å². The van der Waals surface area contributed by atoms with E-state index < -0.39 is 0 Å². The van der Waals surface area contributed by atoms with Crippen LogP contribution in [0.15, 0.2) is 36.4 Å². The van der Waals surface area contributed by atoms with E-state index in [1.807, 2.05) is 60.0 Å². The lowest BCUT2D eigenvalue weighted by Gasteiger charge is -2.33. The largest absolute Gasteiger partial charge is 0.364 e. The zero-order valence-corrected chi connectivity index (χ0v) is 21.0. The van der Waals surface area contributed by atoms with Gasteiger partial charge < -0.3 is 14.7 Å². The molecule has 0 unspecified atom stereocenters. The molecule has 2 aliphatic heterocycles. The third-order valence-corrected chi connectivity index (χ3v) is 8.06. The van der Waals surface area contributed by atoms with Gasteiger partial charge in [0.05, 0.1) is 17.0 Å². The molecule has 8 heteroatoms. The zero-order valence-electron chi connectivity index (χ0n) is 19.4. The van der Waals surface area contributed by atoms with E-state index in [1.54, 1.807) is 0 Å². The summed E-state index contributed by atoms with van der Waals surface area (Å²) in [5, 5.41) is 0. The molecule has 6 nitrogen and oxygen atoms in total. The van der Waals surface area contributed by atoms with Crippen molar-refractivity contribution in [1.82, 2.24) is 19.7 Å². The maximum absolute atomic E-state index is 13.5. The number of aryl methyl sites for hydroxylation is 1. The molecule has 2 aromatic rings. The Bertz CT molecular complexity index is 1040. The molecule has 0 spiro atoms. The van der Waals surface area contributed by atoms with Crippen LogP contribution < -0.4 is 0 Å². The monoisotopic (exact) mass is 482 g/mol. The molecule has 0 saturated carbocycles. The van der Waals surface area contributed by atoms with Crippen LogP contribution in [0.25, 0.3) is 0 Å². The smallest absolute Gasteiger partial charge is 0.256 e. The van der Waals surface area contributed by atoms with E-state index in [0.717, 1.165) is 28.6 Å². The summed E-state index contributed by atoms with van der Waals surface area (Å²) in [6, 6.07) is 12.1. The third kappa shape index (κ3) is 5.38. The second kappa shape index (κ2) is 10.2. The highest BCUT2D eigenvalue weighted by molar-refractivity contribution is 8.23. The summed E-state index contributed by atoms with van der Waals surface area (Å²) in [5.41, 5.74) is 4.92. The summed E-state index contributed by atoms with van der Waals surface area (Å²) in [5.74, 6) is 0.698. The van der Waals surface area contributed by atoms with Gasteiger partial charge in [-0.25, -0.2) is 0 Å². The first-order valence-electron chi connectivity index (χ1n) is 11.3. The van der Waals surface area contributed by atoms with Crippen molar-refractivity contribution in [2.45, 2.75) is 38.8 Å². The SMILES string of the molecule is Cc1ccc(C(=O)N2Cc3ccccc3C2)c(C2CCN(C(=O)CSC(=S)N(C)C)CC2)n1. The van der Waals surface area contributed by atoms with Gasteiger partial charge in [-0.05, 0) is 43.0 Å². The number of fused-ring (bicyclic) bond motifs is 1. The van der Waals surface area contributed by atoms with E-state index in [-0.39, 0.29) is 17.7 Å². The normalized spacial score (nSPS) is 16.0. The minimum absolute atomic E-state index is 0.0424. The lowest BCUT2D eigenvalue weighted by molar-refractivity contribution is -0.129. The van der Waals surface area contributed by atoms with Crippen LogP contribution in [0, 0.1) is 6.92 Å². The first kappa shape index (κ1) is 23.7. The molecule has 0 radical (unpaired) electrons. The topological polar surface area (TPSA) is 56.8 Å². The van der Waals surface area contributed by atoms with Crippen LogP contribution in [-0.4, -0.2) is 68.8 Å². The summed E-state index contributed by atoms with van der Waals surface area (Å²) < 4.78 is 0.717. The molecule has 0 N–H and O–H groups in total. The number of pyridine rings is 1. The van der Waals surface area contributed by atoms with Gasteiger partial charge in [0.2, 0.25) is 5.91 Å². The number of hydrogen-bond acceptors (Lipinski definition) is 5. The van der Waals surface area contributed by atoms with Crippen LogP contribution in [0.5, 0.6) is 0 Å². The predicted molar refractivity (Wildman–Crippen MR) is 136 cm³/mol. The van der Waals surface area contributed by atoms with Gasteiger partial charge in [0.25, 0.3) is 5.91 Å². The minimum atomic E-state index is 0.0424. The fourth-order valence-corrected chi connectivity index (χ4v) is 5.33. The molecule has 1 aromatic heterocycles. The molecule has 0 atom stereocenters. The molecule has 4 rings (SSSR count). The van der Waals surface area contributed by atoms with E-state index in [1.165, 1.54) is 22.9 Å². The average Bonchev–Trinajstić information content (AvgIpc) is 3.26. The maximum Gasteiger partial charge on any atom is 0.256 e. The van der Waals surface area contributed by atoms with Crippen molar-refractivity contribution in [3.63, 3.8) is 0 Å². The van der Waals surface area contributed by atoms with E-state index in [0.29, 0.717) is 37.5 Å². The van der Waals surface area contributed by atoms with Gasteiger partial charge in [-0.15, -0.1) is 0 Å². The Morgan fingerprint density at radius 1 is 1.06 bits per heavy atom. The van der Waals surface area contributed by atoms with Crippen molar-refractivity contribution < 1.29 is 9.59 Å². The number of likely N-dealkylation sites (tertiary alicyclic amines) is 1. The number of carbonyl (C=O) groups is 2. The zero-order chi connectivity index (χ0) is 23.5. The standard InChI is InChI=1S/C25H30N4O2S2/c1-17-8-9-21(24(31)29-14-19-6-4-5-7-20(19)15-29)23(26-17)18-10-12-28(13-11-18)22(30)16-33-25(32)27(2)3/h4-9,18H,10-16H2,1-3H3. The number of benzene rings is 1. The van der Waals surface area contributed by atoms with Crippen LogP contribution in [0.4, 0.5) is 0 Å². The minimum Gasteiger partial charge on any atom is -0.364 e. The Hall–Kier alpha value is -2.45. The van der Waals surface area contributed by atoms with E-state index in [9.17, 15) is 9.59 Å². The van der Waals surface area contributed by atoms with Crippen LogP contribution >= 0.6 is 24.0 Å². The Balaban J connectivity index is 1.42. The molecule has 0 bridgehead atoms. The molecule has 3 heterocycles. The number of thioether (sulfide) groups is 1. The van der Waals surface area contributed by atoms with Crippen molar-refractivity contribution in [2.75, 3.05) is 32.9 Å². The number of hydrogen-bond donors (Lipinski definition) is 0. The molecular formula is C25H30N4O2S2. The predicted octanol–water partition coefficient (Wildman–Crippen LogP) is 3.83. The average molecular weight is 483 g/mol. The molecule has 33 heavy (non-hydrogen) atoms. The number of amides is 2. The van der Waals surface area contributed by atoms with Crippen molar-refractivity contribution in [3.05, 3.63) is 64.5 Å². The number of rotatable bonds is 4. The number of piperidine rings is 1. The molecule has 2 aliphatic rings. The van der Waals surface area contributed by atoms with E-state index in [4.69, 9.17) is 17.2 Å². The van der Waals surface area contributed by atoms with Gasteiger partial charge in [0.15, 0.2) is 0 Å². The molecule has 0 aliphatic carbocycles. The number of carbonyl (C=O) groups excluding carboxylic acids is 2. The highest BCUT2D eigenvalue weighted by atomic mass is 32.2. The lowest BCUT2D eigenvalue weighted by atomic mass is 9.89. The van der Waals surface area contributed by atoms with Gasteiger partial charge in [0, 0.05) is 51.9 Å². The van der Waals surface area contributed by atoms with Crippen LogP contribution in [0.1, 0.15) is 51.6 Å². The summed E-state index contributed by atoms with van der Waals surface area (Å²) in [7, 11) is 3.78. The van der Waals surface area contributed by atoms with Gasteiger partial charge in [-0.3, -0.25) is 14.6 Å². The Morgan fingerprint density at radius 3 is 2.30 bits per heavy atom. The van der Waals surface area contributed by atoms with E-state index >= 15 is 0 Å². The van der Waals surface area contributed by atoms with Crippen molar-refractivity contribution in [3.8, 4) is 0 Å². The summed E-state index contributed by atoms with van der Waals surface area (Å²) in [6.07, 6.45) is 1.62. The molecular weight excluding hydrogens is 452 g/mol. The number of nitrogens with zero attached hydrogens (tertiary/aromatic N) is 4. The van der Waals surface area contributed by atoms with Gasteiger partial charge >= 0.3 is 0 Å². The summed E-state index contributed by atoms with van der Waals surface area (Å²) in [4.78, 5) is 36.6. The van der Waals surface area contributed by atoms with Crippen LogP contribution in [0.3, 0.4) is 0 Å². The van der Waals surface area contributed by atoms with Crippen molar-refractivity contribution >= 4 is 40.1 Å². The lowest BCUT2D eigenvalue weighted by Crippen LogP contribution is -2.40. The molecule has 174 valence electrons. The van der Waals surface area contributed by atoms with Crippen molar-refractivity contribution in [2.24, 2.45) is 0 Å². The second-order valence-corrected chi connectivity index (χ2v) is 10.5. The Kier molecular flexibility index (Phi) is 7.34. The van der Waals surface area contributed by atoms with Crippen LogP contribution in [0.2, 0.25) is 0 Å². The second-order valence-electron chi connectivity index (χ2n) is 8.92. The number of thiocarbonyl (C=S) groups is 1. The van der Waals surface area contributed by atoms with Gasteiger partial charge in [0.1, 0.15) is 4.32 Å². The van der Waals surface area contributed by atoms with Crippen molar-refractivity contribution in [1.29, 1.82) is 0 Å². The quantitative estimate of drug-likeness (QED) is 0.618. The van der Waals surface area contributed by atoms with Gasteiger partial charge in [-0.2, -0.15) is 0 Å². The Morgan fingerprint density at radius 2 is 1.70 bits per heavy atom. The molecule has 1 saturated heterocycles. The highest BCUT2D eigenvalue weighted by Gasteiger charge is 2.31. The fourth-order valence-electron chi connectivity index (χ4n) is 4.46. The summed E-state index contributed by atoms with van der Waals surface area (Å²) >= 11 is 6.68. The molecule has 1 aromatic carbocycles. The first-order valence-corrected chi connectivity index (χ1v) is 12.7. The fraction of sp³-hybridized carbons (Fsp3) is 0.440. The maximum atomic E-state index is 13.5. The highest BCUT2D eigenvalue weighted by Crippen LogP contribution is 2.32. The van der Waals surface area contributed by atoms with Gasteiger partial charge in [-0.1, -0.05) is 48.2 Å². The first-order chi connectivity index (χ1) is 15.8. The summed E-state index contributed by atoms with van der Waals surface area (Å²) in [6.45, 7) is 4.60. The third-order valence-electron chi connectivity index (χ3n) is 6.34.